The Hall–Kier alpha value is -1.77. The van der Waals surface area contributed by atoms with Gasteiger partial charge >= 0.3 is 0 Å². The van der Waals surface area contributed by atoms with Gasteiger partial charge in [-0.25, -0.2) is 4.98 Å². The Morgan fingerprint density at radius 1 is 1.20 bits per heavy atom. The maximum atomic E-state index is 4.36. The maximum Gasteiger partial charge on any atom is 0.144 e. The third-order valence-corrected chi connectivity index (χ3v) is 2.25. The van der Waals surface area contributed by atoms with Gasteiger partial charge in [-0.15, -0.1) is 0 Å². The molecule has 0 radical (unpaired) electrons. The van der Waals surface area contributed by atoms with Crippen LogP contribution < -0.4 is 10.8 Å². The molecule has 1 aromatic carbocycles. The van der Waals surface area contributed by atoms with Crippen LogP contribution >= 0.6 is 0 Å². The number of rotatable bonds is 2. The van der Waals surface area contributed by atoms with E-state index >= 15 is 0 Å². The van der Waals surface area contributed by atoms with E-state index in [4.69, 9.17) is 0 Å². The summed E-state index contributed by atoms with van der Waals surface area (Å²) in [5, 5.41) is 3.29. The van der Waals surface area contributed by atoms with E-state index in [1.165, 1.54) is 11.0 Å². The number of para-hydroxylation sites is 1. The summed E-state index contributed by atoms with van der Waals surface area (Å²) in [5.41, 5.74) is 3.42. The second-order valence-corrected chi connectivity index (χ2v) is 3.67. The van der Waals surface area contributed by atoms with Crippen LogP contribution in [0.15, 0.2) is 42.6 Å². The molecule has 0 aliphatic rings. The van der Waals surface area contributed by atoms with Crippen LogP contribution in [-0.2, 0) is 0 Å². The van der Waals surface area contributed by atoms with Crippen molar-refractivity contribution < 1.29 is 0 Å². The first-order chi connectivity index (χ1) is 7.25. The molecule has 0 saturated carbocycles. The summed E-state index contributed by atoms with van der Waals surface area (Å²) in [6.45, 7) is 2.05. The van der Waals surface area contributed by atoms with Crippen LogP contribution in [0, 0.1) is 6.92 Å². The zero-order chi connectivity index (χ0) is 10.7. The molecule has 0 aliphatic carbocycles. The summed E-state index contributed by atoms with van der Waals surface area (Å²) in [4.78, 5) is 4.36. The summed E-state index contributed by atoms with van der Waals surface area (Å²) in [7, 11) is 2.06. The smallest absolute Gasteiger partial charge is 0.144 e. The molecule has 1 N–H and O–H groups in total. The van der Waals surface area contributed by atoms with Crippen molar-refractivity contribution in [1.29, 1.82) is 0 Å². The van der Waals surface area contributed by atoms with Gasteiger partial charge in [0, 0.05) is 11.9 Å². The van der Waals surface area contributed by atoms with E-state index in [0.717, 1.165) is 11.5 Å². The fourth-order valence-corrected chi connectivity index (χ4v) is 1.50. The van der Waals surface area contributed by atoms with Crippen LogP contribution in [-0.4, -0.2) is 12.8 Å². The number of benzene rings is 1. The Labute approximate surface area is 90.8 Å². The Morgan fingerprint density at radius 3 is 2.60 bits per heavy atom. The van der Waals surface area contributed by atoms with Gasteiger partial charge in [-0.05, 0) is 30.1 Å². The third kappa shape index (κ3) is 2.37. The number of hydrogen-bond acceptors (Lipinski definition) is 2. The molecule has 74 valence electrons. The van der Waals surface area contributed by atoms with E-state index in [-0.39, 0.29) is 0 Å². The van der Waals surface area contributed by atoms with E-state index < -0.39 is 0 Å². The number of hydrogen-bond donors (Lipinski definition) is 1. The molecular weight excluding hydrogens is 183 g/mol. The summed E-state index contributed by atoms with van der Waals surface area (Å²) in [6.07, 6.45) is 1.87. The lowest BCUT2D eigenvalue weighted by molar-refractivity contribution is 1.28. The van der Waals surface area contributed by atoms with Gasteiger partial charge < -0.3 is 5.32 Å². The second-order valence-electron chi connectivity index (χ2n) is 3.67. The minimum atomic E-state index is 0.923. The van der Waals surface area contributed by atoms with E-state index in [1.54, 1.807) is 0 Å². The zero-order valence-corrected chi connectivity index (χ0v) is 8.99. The minimum Gasteiger partial charge on any atom is -0.341 e. The van der Waals surface area contributed by atoms with Gasteiger partial charge in [0.15, 0.2) is 0 Å². The van der Waals surface area contributed by atoms with Crippen molar-refractivity contribution in [1.82, 2.24) is 4.98 Å². The van der Waals surface area contributed by atoms with E-state index in [0.29, 0.717) is 0 Å². The highest BCUT2D eigenvalue weighted by molar-refractivity contribution is 6.35. The van der Waals surface area contributed by atoms with Crippen molar-refractivity contribution in [2.24, 2.45) is 0 Å². The zero-order valence-electron chi connectivity index (χ0n) is 8.99. The van der Waals surface area contributed by atoms with E-state index in [9.17, 15) is 0 Å². The van der Waals surface area contributed by atoms with Gasteiger partial charge in [0.2, 0.25) is 0 Å². The molecule has 2 aromatic rings. The highest BCUT2D eigenvalue weighted by Gasteiger charge is 1.99. The number of anilines is 2. The molecule has 0 spiro atoms. The fraction of sp³-hybridized carbons (Fsp3) is 0.0833. The predicted octanol–water partition coefficient (Wildman–Crippen LogP) is 1.39. The number of aromatic nitrogens is 1. The molecular formula is C12H13BN2. The molecule has 0 atom stereocenters. The predicted molar refractivity (Wildman–Crippen MR) is 66.9 cm³/mol. The van der Waals surface area contributed by atoms with Gasteiger partial charge in [-0.3, -0.25) is 0 Å². The monoisotopic (exact) mass is 196 g/mol. The average molecular weight is 196 g/mol. The van der Waals surface area contributed by atoms with Crippen molar-refractivity contribution in [2.45, 2.75) is 6.92 Å². The normalized spacial score (nSPS) is 9.93. The molecule has 1 heterocycles. The first-order valence-electron chi connectivity index (χ1n) is 5.01. The molecule has 2 nitrogen and oxygen atoms in total. The number of nitrogens with one attached hydrogen (secondary N) is 1. The van der Waals surface area contributed by atoms with Gasteiger partial charge in [0.25, 0.3) is 0 Å². The SMILES string of the molecule is Bc1cc(C)cnc1Nc1ccccc1. The number of pyridine rings is 1. The van der Waals surface area contributed by atoms with E-state index in [1.807, 2.05) is 43.5 Å². The molecule has 2 rings (SSSR count). The van der Waals surface area contributed by atoms with Crippen LogP contribution in [0.25, 0.3) is 0 Å². The summed E-state index contributed by atoms with van der Waals surface area (Å²) < 4.78 is 0. The lowest BCUT2D eigenvalue weighted by atomic mass is 9.95. The van der Waals surface area contributed by atoms with Crippen LogP contribution in [0.2, 0.25) is 0 Å². The summed E-state index contributed by atoms with van der Waals surface area (Å²) in [5.74, 6) is 0.923. The lowest BCUT2D eigenvalue weighted by Gasteiger charge is -2.08. The van der Waals surface area contributed by atoms with Crippen LogP contribution in [0.3, 0.4) is 0 Å². The van der Waals surface area contributed by atoms with Crippen molar-refractivity contribution in [3.8, 4) is 0 Å². The van der Waals surface area contributed by atoms with E-state index in [2.05, 4.69) is 24.2 Å². The minimum absolute atomic E-state index is 0.923. The Kier molecular flexibility index (Phi) is 2.72. The quantitative estimate of drug-likeness (QED) is 0.734. The number of nitrogens with zero attached hydrogens (tertiary/aromatic N) is 1. The molecule has 0 saturated heterocycles. The Bertz CT molecular complexity index is 454. The lowest BCUT2D eigenvalue weighted by Crippen LogP contribution is -2.11. The van der Waals surface area contributed by atoms with Crippen molar-refractivity contribution in [2.75, 3.05) is 5.32 Å². The molecule has 3 heteroatoms. The maximum absolute atomic E-state index is 4.36. The fourth-order valence-electron chi connectivity index (χ4n) is 1.50. The molecule has 1 aromatic heterocycles. The van der Waals surface area contributed by atoms with Crippen LogP contribution in [0.4, 0.5) is 11.5 Å². The van der Waals surface area contributed by atoms with Crippen molar-refractivity contribution in [3.05, 3.63) is 48.2 Å². The first kappa shape index (κ1) is 9.78. The molecule has 15 heavy (non-hydrogen) atoms. The Morgan fingerprint density at radius 2 is 1.93 bits per heavy atom. The molecule has 0 bridgehead atoms. The Balaban J connectivity index is 2.25. The standard InChI is InChI=1S/C12H13BN2/c1-9-7-11(13)12(14-8-9)15-10-5-3-2-4-6-10/h2-8H,13H2,1H3,(H,14,15). The summed E-state index contributed by atoms with van der Waals surface area (Å²) in [6, 6.07) is 12.2. The molecule has 0 unspecified atom stereocenters. The van der Waals surface area contributed by atoms with Gasteiger partial charge in [0.05, 0.1) is 0 Å². The van der Waals surface area contributed by atoms with Gasteiger partial charge in [-0.2, -0.15) is 0 Å². The largest absolute Gasteiger partial charge is 0.341 e. The second kappa shape index (κ2) is 4.17. The number of aryl methyl sites for hydroxylation is 1. The molecule has 0 fully saturated rings. The summed E-state index contributed by atoms with van der Waals surface area (Å²) >= 11 is 0. The van der Waals surface area contributed by atoms with Crippen molar-refractivity contribution >= 4 is 24.8 Å². The highest BCUT2D eigenvalue weighted by atomic mass is 15.0. The average Bonchev–Trinajstić information content (AvgIpc) is 2.24. The van der Waals surface area contributed by atoms with Gasteiger partial charge in [-0.1, -0.05) is 24.3 Å². The molecule has 0 amide bonds. The van der Waals surface area contributed by atoms with Crippen LogP contribution in [0.1, 0.15) is 5.56 Å². The molecule has 0 aliphatic heterocycles. The first-order valence-corrected chi connectivity index (χ1v) is 5.01. The highest BCUT2D eigenvalue weighted by Crippen LogP contribution is 2.11. The van der Waals surface area contributed by atoms with Crippen LogP contribution in [0.5, 0.6) is 0 Å². The topological polar surface area (TPSA) is 24.9 Å². The van der Waals surface area contributed by atoms with Crippen molar-refractivity contribution in [3.63, 3.8) is 0 Å². The van der Waals surface area contributed by atoms with Gasteiger partial charge in [0.1, 0.15) is 13.7 Å². The third-order valence-electron chi connectivity index (χ3n) is 2.25.